The van der Waals surface area contributed by atoms with Gasteiger partial charge in [0.1, 0.15) is 5.82 Å². The highest BCUT2D eigenvalue weighted by molar-refractivity contribution is 5.34. The van der Waals surface area contributed by atoms with Gasteiger partial charge in [-0.25, -0.2) is 0 Å². The number of hydrogen-bond donors (Lipinski definition) is 2. The molecule has 50 valence electrons. The van der Waals surface area contributed by atoms with Gasteiger partial charge >= 0.3 is 0 Å². The van der Waals surface area contributed by atoms with Gasteiger partial charge < -0.3 is 10.3 Å². The molecule has 0 spiro atoms. The number of anilines is 1. The number of rotatable bonds is 2. The number of hydrogen-bond acceptors (Lipinski definition) is 1. The van der Waals surface area contributed by atoms with Crippen LogP contribution in [0.1, 0.15) is 13.8 Å². The zero-order chi connectivity index (χ0) is 6.69. The van der Waals surface area contributed by atoms with E-state index >= 15 is 0 Å². The molecule has 1 aromatic rings. The molecular formula is C7H12N2. The van der Waals surface area contributed by atoms with Gasteiger partial charge in [0.15, 0.2) is 0 Å². The standard InChI is InChI=1S/C7H12N2/c1-6(2)9-7-4-3-5-8-7/h3-6,8-9H,1-2H3. The van der Waals surface area contributed by atoms with Crippen molar-refractivity contribution in [3.05, 3.63) is 18.3 Å². The minimum atomic E-state index is 0.503. The number of H-pyrrole nitrogens is 1. The van der Waals surface area contributed by atoms with Gasteiger partial charge in [0.25, 0.3) is 0 Å². The predicted molar refractivity (Wildman–Crippen MR) is 39.6 cm³/mol. The number of nitrogens with one attached hydrogen (secondary N) is 2. The van der Waals surface area contributed by atoms with Crippen molar-refractivity contribution in [1.82, 2.24) is 4.98 Å². The minimum absolute atomic E-state index is 0.503. The van der Waals surface area contributed by atoms with E-state index in [0.29, 0.717) is 6.04 Å². The molecule has 0 saturated carbocycles. The SMILES string of the molecule is CC(C)Nc1ccc[nH]1. The molecule has 0 radical (unpaired) electrons. The maximum Gasteiger partial charge on any atom is 0.103 e. The molecule has 0 amide bonds. The summed E-state index contributed by atoms with van der Waals surface area (Å²) in [5.41, 5.74) is 0. The van der Waals surface area contributed by atoms with Crippen LogP contribution in [0.25, 0.3) is 0 Å². The predicted octanol–water partition coefficient (Wildman–Crippen LogP) is 1.83. The molecule has 0 unspecified atom stereocenters. The van der Waals surface area contributed by atoms with Crippen molar-refractivity contribution in [2.24, 2.45) is 0 Å². The second-order valence-corrected chi connectivity index (χ2v) is 2.38. The maximum atomic E-state index is 3.23. The van der Waals surface area contributed by atoms with E-state index in [9.17, 15) is 0 Å². The summed E-state index contributed by atoms with van der Waals surface area (Å²) < 4.78 is 0. The van der Waals surface area contributed by atoms with Gasteiger partial charge in [0.2, 0.25) is 0 Å². The summed E-state index contributed by atoms with van der Waals surface area (Å²) >= 11 is 0. The Hall–Kier alpha value is -0.920. The number of aromatic amines is 1. The van der Waals surface area contributed by atoms with E-state index in [1.807, 2.05) is 18.3 Å². The Morgan fingerprint density at radius 1 is 1.56 bits per heavy atom. The minimum Gasteiger partial charge on any atom is -0.369 e. The average Bonchev–Trinajstić information content (AvgIpc) is 2.15. The van der Waals surface area contributed by atoms with Crippen LogP contribution in [-0.2, 0) is 0 Å². The summed E-state index contributed by atoms with van der Waals surface area (Å²) in [7, 11) is 0. The second-order valence-electron chi connectivity index (χ2n) is 2.38. The Morgan fingerprint density at radius 3 is 2.78 bits per heavy atom. The lowest BCUT2D eigenvalue weighted by molar-refractivity contribution is 0.892. The fraction of sp³-hybridized carbons (Fsp3) is 0.429. The van der Waals surface area contributed by atoms with Gasteiger partial charge in [-0.1, -0.05) is 0 Å². The third-order valence-corrected chi connectivity index (χ3v) is 1.04. The Bertz CT molecular complexity index is 153. The Labute approximate surface area is 55.3 Å². The quantitative estimate of drug-likeness (QED) is 0.618. The molecule has 0 fully saturated rings. The first-order valence-corrected chi connectivity index (χ1v) is 3.19. The monoisotopic (exact) mass is 124 g/mol. The Morgan fingerprint density at radius 2 is 2.33 bits per heavy atom. The fourth-order valence-electron chi connectivity index (χ4n) is 0.731. The third-order valence-electron chi connectivity index (χ3n) is 1.04. The average molecular weight is 124 g/mol. The van der Waals surface area contributed by atoms with Gasteiger partial charge in [-0.05, 0) is 26.0 Å². The summed E-state index contributed by atoms with van der Waals surface area (Å²) in [6.07, 6.45) is 1.91. The third kappa shape index (κ3) is 1.80. The molecule has 1 aromatic heterocycles. The van der Waals surface area contributed by atoms with Gasteiger partial charge in [0.05, 0.1) is 0 Å². The van der Waals surface area contributed by atoms with Gasteiger partial charge in [-0.3, -0.25) is 0 Å². The smallest absolute Gasteiger partial charge is 0.103 e. The van der Waals surface area contributed by atoms with Crippen LogP contribution in [-0.4, -0.2) is 11.0 Å². The molecule has 0 atom stereocenters. The van der Waals surface area contributed by atoms with Crippen molar-refractivity contribution in [3.63, 3.8) is 0 Å². The molecule has 0 aliphatic carbocycles. The number of aromatic nitrogens is 1. The zero-order valence-corrected chi connectivity index (χ0v) is 5.81. The van der Waals surface area contributed by atoms with Gasteiger partial charge in [0, 0.05) is 12.2 Å². The molecule has 0 saturated heterocycles. The molecule has 9 heavy (non-hydrogen) atoms. The van der Waals surface area contributed by atoms with Crippen LogP contribution < -0.4 is 5.32 Å². The lowest BCUT2D eigenvalue weighted by Gasteiger charge is -2.05. The van der Waals surface area contributed by atoms with E-state index < -0.39 is 0 Å². The lowest BCUT2D eigenvalue weighted by Crippen LogP contribution is -2.09. The van der Waals surface area contributed by atoms with Crippen molar-refractivity contribution >= 4 is 5.82 Å². The Balaban J connectivity index is 2.48. The highest BCUT2D eigenvalue weighted by Gasteiger charge is 1.91. The topological polar surface area (TPSA) is 27.8 Å². The fourth-order valence-corrected chi connectivity index (χ4v) is 0.731. The molecule has 0 aliphatic rings. The van der Waals surface area contributed by atoms with Gasteiger partial charge in [-0.2, -0.15) is 0 Å². The van der Waals surface area contributed by atoms with Crippen LogP contribution in [0.5, 0.6) is 0 Å². The first-order chi connectivity index (χ1) is 4.29. The van der Waals surface area contributed by atoms with E-state index in [1.54, 1.807) is 0 Å². The van der Waals surface area contributed by atoms with Crippen LogP contribution in [0, 0.1) is 0 Å². The van der Waals surface area contributed by atoms with Crippen molar-refractivity contribution in [2.45, 2.75) is 19.9 Å². The van der Waals surface area contributed by atoms with Crippen LogP contribution >= 0.6 is 0 Å². The molecular weight excluding hydrogens is 112 g/mol. The molecule has 1 rings (SSSR count). The summed E-state index contributed by atoms with van der Waals surface area (Å²) in [6, 6.07) is 4.49. The second kappa shape index (κ2) is 2.58. The van der Waals surface area contributed by atoms with Crippen LogP contribution in [0.4, 0.5) is 5.82 Å². The van der Waals surface area contributed by atoms with Crippen LogP contribution in [0.3, 0.4) is 0 Å². The van der Waals surface area contributed by atoms with Crippen molar-refractivity contribution < 1.29 is 0 Å². The first kappa shape index (κ1) is 6.20. The Kier molecular flexibility index (Phi) is 1.78. The van der Waals surface area contributed by atoms with Crippen LogP contribution in [0.15, 0.2) is 18.3 Å². The molecule has 0 aromatic carbocycles. The lowest BCUT2D eigenvalue weighted by atomic mass is 10.4. The summed E-state index contributed by atoms with van der Waals surface area (Å²) in [6.45, 7) is 4.22. The molecule has 0 bridgehead atoms. The van der Waals surface area contributed by atoms with Gasteiger partial charge in [-0.15, -0.1) is 0 Å². The van der Waals surface area contributed by atoms with E-state index in [0.717, 1.165) is 5.82 Å². The van der Waals surface area contributed by atoms with Crippen molar-refractivity contribution in [3.8, 4) is 0 Å². The van der Waals surface area contributed by atoms with E-state index in [4.69, 9.17) is 0 Å². The van der Waals surface area contributed by atoms with Crippen LogP contribution in [0.2, 0.25) is 0 Å². The summed E-state index contributed by atoms with van der Waals surface area (Å²) in [4.78, 5) is 3.06. The molecule has 0 aliphatic heterocycles. The van der Waals surface area contributed by atoms with E-state index in [-0.39, 0.29) is 0 Å². The van der Waals surface area contributed by atoms with E-state index in [2.05, 4.69) is 24.1 Å². The molecule has 2 nitrogen and oxygen atoms in total. The van der Waals surface area contributed by atoms with Crippen molar-refractivity contribution in [1.29, 1.82) is 0 Å². The highest BCUT2D eigenvalue weighted by Crippen LogP contribution is 2.01. The first-order valence-electron chi connectivity index (χ1n) is 3.19. The molecule has 1 heterocycles. The molecule has 2 heteroatoms. The largest absolute Gasteiger partial charge is 0.369 e. The highest BCUT2D eigenvalue weighted by atomic mass is 15.0. The summed E-state index contributed by atoms with van der Waals surface area (Å²) in [5.74, 6) is 1.09. The van der Waals surface area contributed by atoms with E-state index in [1.165, 1.54) is 0 Å². The zero-order valence-electron chi connectivity index (χ0n) is 5.81. The normalized spacial score (nSPS) is 10.1. The van der Waals surface area contributed by atoms with Crippen molar-refractivity contribution in [2.75, 3.05) is 5.32 Å². The maximum absolute atomic E-state index is 3.23. The molecule has 2 N–H and O–H groups in total. The summed E-state index contributed by atoms with van der Waals surface area (Å²) in [5, 5.41) is 3.23.